The second-order valence-electron chi connectivity index (χ2n) is 6.36. The fourth-order valence-corrected chi connectivity index (χ4v) is 3.41. The van der Waals surface area contributed by atoms with Crippen LogP contribution >= 0.6 is 22.9 Å². The Morgan fingerprint density at radius 2 is 1.56 bits per heavy atom. The standard InChI is InChI=1S/C18H33ClN4OS/c1-2-3-4-5-6-7-8-9-12-15-20-17-22-23-18(25-17)21-16(24)13-10-11-14-19/h2-15H2,1H3,(H,20,22)(H,21,23,24). The molecule has 0 saturated carbocycles. The summed E-state index contributed by atoms with van der Waals surface area (Å²) in [6, 6.07) is 0. The first-order chi connectivity index (χ1) is 12.3. The zero-order chi connectivity index (χ0) is 18.2. The van der Waals surface area contributed by atoms with Crippen LogP contribution in [0, 0.1) is 0 Å². The topological polar surface area (TPSA) is 66.9 Å². The number of nitrogens with one attached hydrogen (secondary N) is 2. The van der Waals surface area contributed by atoms with Crippen LogP contribution in [0.5, 0.6) is 0 Å². The lowest BCUT2D eigenvalue weighted by molar-refractivity contribution is -0.116. The third-order valence-electron chi connectivity index (χ3n) is 4.02. The first-order valence-electron chi connectivity index (χ1n) is 9.69. The molecule has 1 aromatic rings. The quantitative estimate of drug-likeness (QED) is 0.276. The molecular formula is C18H33ClN4OS. The van der Waals surface area contributed by atoms with E-state index in [2.05, 4.69) is 27.8 Å². The van der Waals surface area contributed by atoms with Crippen molar-refractivity contribution in [2.75, 3.05) is 23.1 Å². The molecule has 0 spiro atoms. The Labute approximate surface area is 161 Å². The average Bonchev–Trinajstić information content (AvgIpc) is 3.04. The minimum absolute atomic E-state index is 0.0215. The summed E-state index contributed by atoms with van der Waals surface area (Å²) >= 11 is 6.99. The second-order valence-corrected chi connectivity index (χ2v) is 7.72. The first kappa shape index (κ1) is 22.2. The lowest BCUT2D eigenvalue weighted by Crippen LogP contribution is -2.10. The third kappa shape index (κ3) is 12.2. The Bertz CT molecular complexity index is 456. The maximum absolute atomic E-state index is 11.7. The number of halogens is 1. The number of unbranched alkanes of at least 4 members (excludes halogenated alkanes) is 9. The van der Waals surface area contributed by atoms with E-state index in [-0.39, 0.29) is 5.91 Å². The smallest absolute Gasteiger partial charge is 0.226 e. The highest BCUT2D eigenvalue weighted by Gasteiger charge is 2.07. The number of aromatic nitrogens is 2. The number of carbonyl (C=O) groups is 1. The Morgan fingerprint density at radius 1 is 0.920 bits per heavy atom. The van der Waals surface area contributed by atoms with E-state index in [1.54, 1.807) is 0 Å². The molecule has 0 atom stereocenters. The normalized spacial score (nSPS) is 10.8. The summed E-state index contributed by atoms with van der Waals surface area (Å²) in [5, 5.41) is 15.5. The van der Waals surface area contributed by atoms with Gasteiger partial charge in [-0.2, -0.15) is 0 Å². The van der Waals surface area contributed by atoms with E-state index in [1.165, 1.54) is 62.7 Å². The van der Waals surface area contributed by atoms with Gasteiger partial charge in [0.05, 0.1) is 0 Å². The van der Waals surface area contributed by atoms with E-state index < -0.39 is 0 Å². The van der Waals surface area contributed by atoms with E-state index in [4.69, 9.17) is 11.6 Å². The van der Waals surface area contributed by atoms with Gasteiger partial charge in [-0.3, -0.25) is 4.79 Å². The van der Waals surface area contributed by atoms with Crippen molar-refractivity contribution in [3.63, 3.8) is 0 Å². The van der Waals surface area contributed by atoms with Crippen LogP contribution < -0.4 is 10.6 Å². The summed E-state index contributed by atoms with van der Waals surface area (Å²) in [4.78, 5) is 11.7. The maximum atomic E-state index is 11.7. The molecule has 0 saturated heterocycles. The molecule has 5 nitrogen and oxygen atoms in total. The van der Waals surface area contributed by atoms with Crippen LogP contribution in [-0.4, -0.2) is 28.5 Å². The van der Waals surface area contributed by atoms with E-state index in [9.17, 15) is 4.79 Å². The molecule has 0 bridgehead atoms. The number of rotatable bonds is 16. The van der Waals surface area contributed by atoms with Crippen molar-refractivity contribution in [3.05, 3.63) is 0 Å². The zero-order valence-corrected chi connectivity index (χ0v) is 17.1. The first-order valence-corrected chi connectivity index (χ1v) is 11.0. The Morgan fingerprint density at radius 3 is 2.24 bits per heavy atom. The van der Waals surface area contributed by atoms with E-state index in [1.807, 2.05) is 0 Å². The molecule has 0 aliphatic carbocycles. The van der Waals surface area contributed by atoms with Crippen LogP contribution in [0.2, 0.25) is 0 Å². The van der Waals surface area contributed by atoms with Gasteiger partial charge in [0.1, 0.15) is 0 Å². The highest BCUT2D eigenvalue weighted by atomic mass is 35.5. The minimum Gasteiger partial charge on any atom is -0.360 e. The summed E-state index contributed by atoms with van der Waals surface area (Å²) in [5.74, 6) is 0.575. The Kier molecular flexibility index (Phi) is 13.6. The van der Waals surface area contributed by atoms with Crippen molar-refractivity contribution in [1.29, 1.82) is 0 Å². The van der Waals surface area contributed by atoms with Gasteiger partial charge in [0.2, 0.25) is 16.2 Å². The van der Waals surface area contributed by atoms with Gasteiger partial charge >= 0.3 is 0 Å². The zero-order valence-electron chi connectivity index (χ0n) is 15.5. The van der Waals surface area contributed by atoms with Crippen molar-refractivity contribution in [2.45, 2.75) is 84.0 Å². The monoisotopic (exact) mass is 388 g/mol. The molecule has 7 heteroatoms. The van der Waals surface area contributed by atoms with Crippen molar-refractivity contribution in [1.82, 2.24) is 10.2 Å². The Hall–Kier alpha value is -0.880. The van der Waals surface area contributed by atoms with Gasteiger partial charge in [-0.1, -0.05) is 69.6 Å². The lowest BCUT2D eigenvalue weighted by atomic mass is 10.1. The summed E-state index contributed by atoms with van der Waals surface area (Å²) in [6.45, 7) is 3.17. The highest BCUT2D eigenvalue weighted by molar-refractivity contribution is 7.19. The van der Waals surface area contributed by atoms with Gasteiger partial charge in [-0.05, 0) is 19.3 Å². The molecule has 1 heterocycles. The number of hydrogen-bond acceptors (Lipinski definition) is 5. The van der Waals surface area contributed by atoms with Gasteiger partial charge in [-0.25, -0.2) is 0 Å². The SMILES string of the molecule is CCCCCCCCCCCNc1nnc(NC(=O)CCCCCl)s1. The third-order valence-corrected chi connectivity index (χ3v) is 5.08. The van der Waals surface area contributed by atoms with Crippen LogP contribution in [0.25, 0.3) is 0 Å². The molecule has 0 aromatic carbocycles. The summed E-state index contributed by atoms with van der Waals surface area (Å²) in [5.41, 5.74) is 0. The predicted molar refractivity (Wildman–Crippen MR) is 109 cm³/mol. The van der Waals surface area contributed by atoms with Gasteiger partial charge in [0.25, 0.3) is 0 Å². The largest absolute Gasteiger partial charge is 0.360 e. The maximum Gasteiger partial charge on any atom is 0.226 e. The fourth-order valence-electron chi connectivity index (χ4n) is 2.54. The molecule has 0 unspecified atom stereocenters. The predicted octanol–water partition coefficient (Wildman–Crippen LogP) is 5.83. The molecule has 1 amide bonds. The van der Waals surface area contributed by atoms with E-state index in [0.717, 1.165) is 30.9 Å². The summed E-state index contributed by atoms with van der Waals surface area (Å²) in [7, 11) is 0. The number of nitrogens with zero attached hydrogens (tertiary/aromatic N) is 2. The minimum atomic E-state index is -0.0215. The van der Waals surface area contributed by atoms with E-state index in [0.29, 0.717) is 17.4 Å². The molecule has 25 heavy (non-hydrogen) atoms. The van der Waals surface area contributed by atoms with Crippen LogP contribution in [0.3, 0.4) is 0 Å². The Balaban J connectivity index is 2.01. The van der Waals surface area contributed by atoms with Crippen molar-refractivity contribution in [2.24, 2.45) is 0 Å². The molecule has 0 fully saturated rings. The van der Waals surface area contributed by atoms with Gasteiger partial charge in [0, 0.05) is 18.8 Å². The highest BCUT2D eigenvalue weighted by Crippen LogP contribution is 2.20. The fraction of sp³-hybridized carbons (Fsp3) is 0.833. The molecule has 1 aromatic heterocycles. The molecule has 2 N–H and O–H groups in total. The molecule has 144 valence electrons. The van der Waals surface area contributed by atoms with Crippen molar-refractivity contribution < 1.29 is 4.79 Å². The van der Waals surface area contributed by atoms with Gasteiger partial charge in [0.15, 0.2) is 0 Å². The van der Waals surface area contributed by atoms with Crippen LogP contribution in [0.15, 0.2) is 0 Å². The number of anilines is 2. The molecule has 0 radical (unpaired) electrons. The molecule has 0 aliphatic rings. The van der Waals surface area contributed by atoms with Gasteiger partial charge in [-0.15, -0.1) is 21.8 Å². The number of amides is 1. The van der Waals surface area contributed by atoms with Crippen LogP contribution in [0.1, 0.15) is 84.0 Å². The lowest BCUT2D eigenvalue weighted by Gasteiger charge is -2.03. The second kappa shape index (κ2) is 15.4. The molecule has 1 rings (SSSR count). The summed E-state index contributed by atoms with van der Waals surface area (Å²) < 4.78 is 0. The van der Waals surface area contributed by atoms with Crippen molar-refractivity contribution >= 4 is 39.1 Å². The average molecular weight is 389 g/mol. The number of hydrogen-bond donors (Lipinski definition) is 2. The van der Waals surface area contributed by atoms with E-state index >= 15 is 0 Å². The van der Waals surface area contributed by atoms with Crippen LogP contribution in [0.4, 0.5) is 10.3 Å². The molecular weight excluding hydrogens is 356 g/mol. The van der Waals surface area contributed by atoms with Crippen molar-refractivity contribution in [3.8, 4) is 0 Å². The molecule has 0 aliphatic heterocycles. The number of carbonyl (C=O) groups excluding carboxylic acids is 1. The summed E-state index contributed by atoms with van der Waals surface area (Å²) in [6.07, 6.45) is 14.0. The van der Waals surface area contributed by atoms with Crippen LogP contribution in [-0.2, 0) is 4.79 Å². The van der Waals surface area contributed by atoms with Gasteiger partial charge < -0.3 is 10.6 Å². The number of alkyl halides is 1.